The number of likely N-dealkylation sites (tertiary alicyclic amines) is 1. The number of hydrogen-bond donors (Lipinski definition) is 0. The summed E-state index contributed by atoms with van der Waals surface area (Å²) in [4.78, 5) is 2.36. The molecule has 1 aliphatic heterocycles. The largest absolute Gasteiger partial charge is 0.374 e. The zero-order chi connectivity index (χ0) is 24.5. The summed E-state index contributed by atoms with van der Waals surface area (Å²) >= 11 is 0. The highest BCUT2D eigenvalue weighted by molar-refractivity contribution is 4.92. The maximum Gasteiger partial charge on any atom is 0.0975 e. The highest BCUT2D eigenvalue weighted by Crippen LogP contribution is 2.17. The summed E-state index contributed by atoms with van der Waals surface area (Å²) in [5.74, 6) is 0. The molecule has 1 heterocycles. The van der Waals surface area contributed by atoms with Gasteiger partial charge < -0.3 is 14.4 Å². The van der Waals surface area contributed by atoms with Gasteiger partial charge >= 0.3 is 0 Å². The first-order valence-electron chi connectivity index (χ1n) is 15.0. The van der Waals surface area contributed by atoms with Gasteiger partial charge in [-0.15, -0.1) is 0 Å². The van der Waals surface area contributed by atoms with Gasteiger partial charge in [0.2, 0.25) is 0 Å². The second-order valence-electron chi connectivity index (χ2n) is 10.4. The molecule has 0 spiro atoms. The molecule has 1 saturated heterocycles. The van der Waals surface area contributed by atoms with Crippen molar-refractivity contribution in [2.75, 3.05) is 33.4 Å². The Morgan fingerprint density at radius 2 is 0.971 bits per heavy atom. The summed E-state index contributed by atoms with van der Waals surface area (Å²) in [6, 6.07) is 0. The van der Waals surface area contributed by atoms with Crippen molar-refractivity contribution in [3.63, 3.8) is 0 Å². The summed E-state index contributed by atoms with van der Waals surface area (Å²) in [7, 11) is 2.19. The predicted octanol–water partition coefficient (Wildman–Crippen LogP) is 8.88. The molecule has 3 nitrogen and oxygen atoms in total. The van der Waals surface area contributed by atoms with Crippen molar-refractivity contribution in [2.24, 2.45) is 0 Å². The molecule has 0 saturated carbocycles. The second-order valence-corrected chi connectivity index (χ2v) is 10.4. The van der Waals surface area contributed by atoms with Crippen LogP contribution < -0.4 is 0 Å². The maximum atomic E-state index is 6.23. The maximum absolute atomic E-state index is 6.23. The summed E-state index contributed by atoms with van der Waals surface area (Å²) in [6.45, 7) is 8.36. The van der Waals surface area contributed by atoms with Crippen molar-refractivity contribution >= 4 is 0 Å². The van der Waals surface area contributed by atoms with E-state index in [-0.39, 0.29) is 12.2 Å². The lowest BCUT2D eigenvalue weighted by Gasteiger charge is -2.20. The zero-order valence-corrected chi connectivity index (χ0v) is 23.3. The molecule has 3 heteroatoms. The van der Waals surface area contributed by atoms with E-state index in [1.165, 1.54) is 109 Å². The zero-order valence-electron chi connectivity index (χ0n) is 23.3. The van der Waals surface area contributed by atoms with Gasteiger partial charge in [0.1, 0.15) is 0 Å². The quantitative estimate of drug-likeness (QED) is 0.102. The van der Waals surface area contributed by atoms with Crippen LogP contribution in [0.5, 0.6) is 0 Å². The van der Waals surface area contributed by atoms with E-state index in [1.807, 2.05) is 0 Å². The first-order valence-corrected chi connectivity index (χ1v) is 15.0. The third-order valence-electron chi connectivity index (χ3n) is 6.90. The summed E-state index contributed by atoms with van der Waals surface area (Å²) in [6.07, 6.45) is 33.3. The molecular formula is C31H59NO2. The lowest BCUT2D eigenvalue weighted by Crippen LogP contribution is -2.30. The van der Waals surface area contributed by atoms with E-state index < -0.39 is 0 Å². The van der Waals surface area contributed by atoms with Crippen LogP contribution in [0.3, 0.4) is 0 Å². The fraction of sp³-hybridized carbons (Fsp3) is 0.871. The highest BCUT2D eigenvalue weighted by atomic mass is 16.5. The number of rotatable bonds is 24. The Labute approximate surface area is 213 Å². The van der Waals surface area contributed by atoms with Gasteiger partial charge in [0.05, 0.1) is 12.2 Å². The number of unbranched alkanes of at least 4 members (excludes halogenated alkanes) is 14. The number of allylic oxidation sites excluding steroid dienone is 4. The summed E-state index contributed by atoms with van der Waals surface area (Å²) in [5, 5.41) is 0. The molecule has 200 valence electrons. The van der Waals surface area contributed by atoms with Crippen LogP contribution in [0, 0.1) is 0 Å². The van der Waals surface area contributed by atoms with Crippen molar-refractivity contribution in [3.8, 4) is 0 Å². The summed E-state index contributed by atoms with van der Waals surface area (Å²) < 4.78 is 12.4. The van der Waals surface area contributed by atoms with Gasteiger partial charge in [-0.25, -0.2) is 0 Å². The van der Waals surface area contributed by atoms with Gasteiger partial charge in [0.25, 0.3) is 0 Å². The minimum Gasteiger partial charge on any atom is -0.374 e. The van der Waals surface area contributed by atoms with E-state index >= 15 is 0 Å². The van der Waals surface area contributed by atoms with Crippen LogP contribution in [0.25, 0.3) is 0 Å². The van der Waals surface area contributed by atoms with Crippen LogP contribution in [-0.2, 0) is 9.47 Å². The van der Waals surface area contributed by atoms with E-state index in [9.17, 15) is 0 Å². The van der Waals surface area contributed by atoms with Crippen molar-refractivity contribution in [2.45, 2.75) is 142 Å². The Hall–Kier alpha value is -0.640. The van der Waals surface area contributed by atoms with E-state index in [2.05, 4.69) is 50.1 Å². The number of nitrogens with zero attached hydrogens (tertiary/aromatic N) is 1. The average molecular weight is 478 g/mol. The Morgan fingerprint density at radius 3 is 1.50 bits per heavy atom. The van der Waals surface area contributed by atoms with Crippen molar-refractivity contribution in [1.82, 2.24) is 4.90 Å². The lowest BCUT2D eigenvalue weighted by molar-refractivity contribution is -0.0481. The molecule has 34 heavy (non-hydrogen) atoms. The van der Waals surface area contributed by atoms with Crippen molar-refractivity contribution in [3.05, 3.63) is 24.3 Å². The molecule has 1 aliphatic rings. The first kappa shape index (κ1) is 31.4. The van der Waals surface area contributed by atoms with Crippen LogP contribution in [-0.4, -0.2) is 50.5 Å². The van der Waals surface area contributed by atoms with Gasteiger partial charge in [-0.05, 0) is 52.0 Å². The SMILES string of the molecule is CCCCC/C=C\C/C=C\CCCCCCCCO[C@H]1CN(C)C[C@H]1OCCCCCCCC. The Balaban J connectivity index is 1.91. The molecule has 1 fully saturated rings. The molecule has 2 atom stereocenters. The summed E-state index contributed by atoms with van der Waals surface area (Å²) in [5.41, 5.74) is 0. The monoisotopic (exact) mass is 477 g/mol. The van der Waals surface area contributed by atoms with Gasteiger partial charge in [0, 0.05) is 26.3 Å². The van der Waals surface area contributed by atoms with Crippen LogP contribution in [0.4, 0.5) is 0 Å². The normalized spacial score (nSPS) is 19.3. The first-order chi connectivity index (χ1) is 16.8. The van der Waals surface area contributed by atoms with Gasteiger partial charge in [-0.1, -0.05) is 109 Å². The molecule has 0 amide bonds. The Bertz CT molecular complexity index is 476. The average Bonchev–Trinajstić information content (AvgIpc) is 3.19. The lowest BCUT2D eigenvalue weighted by atomic mass is 10.1. The fourth-order valence-electron chi connectivity index (χ4n) is 4.69. The molecule has 0 aliphatic carbocycles. The molecule has 1 rings (SSSR count). The molecule has 0 bridgehead atoms. The van der Waals surface area contributed by atoms with Crippen molar-refractivity contribution < 1.29 is 9.47 Å². The third-order valence-corrected chi connectivity index (χ3v) is 6.90. The topological polar surface area (TPSA) is 21.7 Å². The third kappa shape index (κ3) is 18.7. The van der Waals surface area contributed by atoms with Crippen molar-refractivity contribution in [1.29, 1.82) is 0 Å². The minimum atomic E-state index is 0.267. The highest BCUT2D eigenvalue weighted by Gasteiger charge is 2.32. The van der Waals surface area contributed by atoms with E-state index in [4.69, 9.17) is 9.47 Å². The van der Waals surface area contributed by atoms with Crippen LogP contribution >= 0.6 is 0 Å². The van der Waals surface area contributed by atoms with Crippen LogP contribution in [0.2, 0.25) is 0 Å². The Morgan fingerprint density at radius 1 is 0.559 bits per heavy atom. The fourth-order valence-corrected chi connectivity index (χ4v) is 4.69. The predicted molar refractivity (Wildman–Crippen MR) is 150 cm³/mol. The van der Waals surface area contributed by atoms with Crippen LogP contribution in [0.1, 0.15) is 129 Å². The van der Waals surface area contributed by atoms with Gasteiger partial charge in [0.15, 0.2) is 0 Å². The minimum absolute atomic E-state index is 0.267. The number of hydrogen-bond acceptors (Lipinski definition) is 3. The number of likely N-dealkylation sites (N-methyl/N-ethyl adjacent to an activating group) is 1. The molecule has 0 aromatic rings. The Kier molecular flexibility index (Phi) is 22.2. The van der Waals surface area contributed by atoms with Gasteiger partial charge in [-0.2, -0.15) is 0 Å². The second kappa shape index (κ2) is 24.1. The van der Waals surface area contributed by atoms with E-state index in [0.29, 0.717) is 0 Å². The molecule has 0 aromatic carbocycles. The molecular weight excluding hydrogens is 418 g/mol. The molecule has 0 N–H and O–H groups in total. The van der Waals surface area contributed by atoms with Gasteiger partial charge in [-0.3, -0.25) is 0 Å². The van der Waals surface area contributed by atoms with E-state index in [0.717, 1.165) is 32.7 Å². The van der Waals surface area contributed by atoms with Crippen LogP contribution in [0.15, 0.2) is 24.3 Å². The molecule has 0 radical (unpaired) electrons. The molecule has 0 aromatic heterocycles. The van der Waals surface area contributed by atoms with E-state index in [1.54, 1.807) is 0 Å². The smallest absolute Gasteiger partial charge is 0.0975 e. The standard InChI is InChI=1S/C31H59NO2/c1-4-6-8-10-12-13-14-15-16-17-18-19-20-21-23-25-27-34-31-29-32(3)28-30(31)33-26-24-22-11-9-7-5-2/h12-13,15-16,30-31H,4-11,14,17-29H2,1-3H3/b13-12-,16-15-/t30-,31+/m1/s1. The number of ether oxygens (including phenoxy) is 2. The molecule has 0 unspecified atom stereocenters.